The highest BCUT2D eigenvalue weighted by Gasteiger charge is 2.33. The van der Waals surface area contributed by atoms with E-state index in [0.29, 0.717) is 44.3 Å². The first-order chi connectivity index (χ1) is 16.4. The molecule has 2 aromatic carbocycles. The average molecular weight is 500 g/mol. The monoisotopic (exact) mass is 499 g/mol. The Bertz CT molecular complexity index is 1280. The SMILES string of the molecule is COc1cc(OC)cc(-c2c(C)c(-c3ccc(Cl)cc3)c([C@H](OC(C)(C)C)C(=O)O)n(C)c2=O)c1. The van der Waals surface area contributed by atoms with Gasteiger partial charge in [0.05, 0.1) is 31.1 Å². The van der Waals surface area contributed by atoms with Crippen LogP contribution in [0, 0.1) is 6.92 Å². The second-order valence-corrected chi connectivity index (χ2v) is 9.62. The fourth-order valence-electron chi connectivity index (χ4n) is 4.08. The number of carboxylic acid groups (broad SMARTS) is 1. The van der Waals surface area contributed by atoms with E-state index in [4.69, 9.17) is 25.8 Å². The predicted octanol–water partition coefficient (Wildman–Crippen LogP) is 5.64. The normalized spacial score (nSPS) is 12.3. The van der Waals surface area contributed by atoms with Crippen LogP contribution in [-0.2, 0) is 16.6 Å². The van der Waals surface area contributed by atoms with E-state index in [1.807, 2.05) is 0 Å². The Labute approximate surface area is 209 Å². The van der Waals surface area contributed by atoms with E-state index in [1.54, 1.807) is 77.2 Å². The zero-order valence-corrected chi connectivity index (χ0v) is 21.7. The van der Waals surface area contributed by atoms with Crippen LogP contribution in [0.25, 0.3) is 22.3 Å². The Balaban J connectivity index is 2.46. The molecule has 0 radical (unpaired) electrons. The molecule has 1 aromatic heterocycles. The first-order valence-corrected chi connectivity index (χ1v) is 11.4. The number of pyridine rings is 1. The molecular weight excluding hydrogens is 470 g/mol. The van der Waals surface area contributed by atoms with Crippen LogP contribution in [0.15, 0.2) is 47.3 Å². The van der Waals surface area contributed by atoms with Gasteiger partial charge in [-0.15, -0.1) is 0 Å². The van der Waals surface area contributed by atoms with Crippen molar-refractivity contribution in [3.8, 4) is 33.8 Å². The third-order valence-corrected chi connectivity index (χ3v) is 5.86. The molecule has 1 N–H and O–H groups in total. The summed E-state index contributed by atoms with van der Waals surface area (Å²) in [5.74, 6) is -0.143. The van der Waals surface area contributed by atoms with E-state index in [2.05, 4.69) is 0 Å². The van der Waals surface area contributed by atoms with Gasteiger partial charge in [-0.1, -0.05) is 23.7 Å². The molecule has 0 unspecified atom stereocenters. The number of ether oxygens (including phenoxy) is 3. The fourth-order valence-corrected chi connectivity index (χ4v) is 4.20. The Morgan fingerprint density at radius 1 is 0.971 bits per heavy atom. The molecule has 0 aliphatic rings. The van der Waals surface area contributed by atoms with Gasteiger partial charge in [0, 0.05) is 23.7 Å². The summed E-state index contributed by atoms with van der Waals surface area (Å²) >= 11 is 6.13. The van der Waals surface area contributed by atoms with Gasteiger partial charge >= 0.3 is 5.97 Å². The van der Waals surface area contributed by atoms with E-state index in [1.165, 1.54) is 18.8 Å². The smallest absolute Gasteiger partial charge is 0.339 e. The highest BCUT2D eigenvalue weighted by molar-refractivity contribution is 6.30. The van der Waals surface area contributed by atoms with E-state index >= 15 is 0 Å². The van der Waals surface area contributed by atoms with Gasteiger partial charge in [0.25, 0.3) is 5.56 Å². The van der Waals surface area contributed by atoms with Crippen LogP contribution in [0.1, 0.15) is 38.1 Å². The second kappa shape index (κ2) is 10.1. The van der Waals surface area contributed by atoms with Crippen LogP contribution in [0.3, 0.4) is 0 Å². The molecule has 186 valence electrons. The molecule has 0 aliphatic heterocycles. The van der Waals surface area contributed by atoms with E-state index in [-0.39, 0.29) is 11.3 Å². The number of hydrogen-bond donors (Lipinski definition) is 1. The Morgan fingerprint density at radius 2 is 1.51 bits per heavy atom. The average Bonchev–Trinajstić information content (AvgIpc) is 2.79. The summed E-state index contributed by atoms with van der Waals surface area (Å²) in [7, 11) is 4.62. The van der Waals surface area contributed by atoms with E-state index in [0.717, 1.165) is 0 Å². The molecule has 0 bridgehead atoms. The molecule has 35 heavy (non-hydrogen) atoms. The number of carboxylic acids is 1. The third-order valence-electron chi connectivity index (χ3n) is 5.60. The number of methoxy groups -OCH3 is 2. The molecule has 0 aliphatic carbocycles. The quantitative estimate of drug-likeness (QED) is 0.452. The molecule has 0 saturated carbocycles. The molecule has 3 rings (SSSR count). The van der Waals surface area contributed by atoms with Crippen molar-refractivity contribution in [2.24, 2.45) is 7.05 Å². The van der Waals surface area contributed by atoms with Crippen LogP contribution >= 0.6 is 11.6 Å². The lowest BCUT2D eigenvalue weighted by Gasteiger charge is -2.29. The van der Waals surface area contributed by atoms with Crippen LogP contribution in [0.5, 0.6) is 11.5 Å². The molecule has 0 spiro atoms. The van der Waals surface area contributed by atoms with Crippen molar-refractivity contribution >= 4 is 17.6 Å². The minimum atomic E-state index is -1.38. The van der Waals surface area contributed by atoms with Gasteiger partial charge in [-0.3, -0.25) is 4.79 Å². The zero-order chi connectivity index (χ0) is 26.1. The van der Waals surface area contributed by atoms with Crippen molar-refractivity contribution in [3.63, 3.8) is 0 Å². The summed E-state index contributed by atoms with van der Waals surface area (Å²) in [6.45, 7) is 7.11. The topological polar surface area (TPSA) is 87.0 Å². The lowest BCUT2D eigenvalue weighted by Crippen LogP contribution is -2.33. The van der Waals surface area contributed by atoms with Crippen LogP contribution in [0.2, 0.25) is 5.02 Å². The Morgan fingerprint density at radius 3 is 1.97 bits per heavy atom. The molecule has 1 heterocycles. The molecule has 7 nitrogen and oxygen atoms in total. The number of aromatic nitrogens is 1. The highest BCUT2D eigenvalue weighted by Crippen LogP contribution is 2.39. The summed E-state index contributed by atoms with van der Waals surface area (Å²) in [4.78, 5) is 26.2. The lowest BCUT2D eigenvalue weighted by atomic mass is 9.90. The number of aliphatic carboxylic acids is 1. The third kappa shape index (κ3) is 5.52. The number of hydrogen-bond acceptors (Lipinski definition) is 5. The maximum atomic E-state index is 13.8. The van der Waals surface area contributed by atoms with Crippen molar-refractivity contribution in [1.29, 1.82) is 0 Å². The fraction of sp³-hybridized carbons (Fsp3) is 0.333. The summed E-state index contributed by atoms with van der Waals surface area (Å²) in [5.41, 5.74) is 1.98. The van der Waals surface area contributed by atoms with Gasteiger partial charge in [-0.2, -0.15) is 0 Å². The van der Waals surface area contributed by atoms with Gasteiger partial charge < -0.3 is 23.9 Å². The first kappa shape index (κ1) is 26.3. The number of carbonyl (C=O) groups is 1. The van der Waals surface area contributed by atoms with Crippen LogP contribution < -0.4 is 15.0 Å². The Hall–Kier alpha value is -3.29. The molecule has 3 aromatic rings. The van der Waals surface area contributed by atoms with Gasteiger partial charge in [-0.05, 0) is 68.7 Å². The molecule has 8 heteroatoms. The number of rotatable bonds is 7. The first-order valence-electron chi connectivity index (χ1n) is 11.0. The largest absolute Gasteiger partial charge is 0.497 e. The molecular formula is C27H30ClNO6. The zero-order valence-electron chi connectivity index (χ0n) is 20.9. The van der Waals surface area contributed by atoms with Crippen molar-refractivity contribution in [1.82, 2.24) is 4.57 Å². The van der Waals surface area contributed by atoms with Crippen molar-refractivity contribution in [2.45, 2.75) is 39.4 Å². The lowest BCUT2D eigenvalue weighted by molar-refractivity contribution is -0.161. The summed E-state index contributed by atoms with van der Waals surface area (Å²) in [5, 5.41) is 10.7. The Kier molecular flexibility index (Phi) is 7.62. The van der Waals surface area contributed by atoms with Crippen molar-refractivity contribution in [2.75, 3.05) is 14.2 Å². The molecule has 0 fully saturated rings. The van der Waals surface area contributed by atoms with E-state index in [9.17, 15) is 14.7 Å². The molecule has 0 saturated heterocycles. The van der Waals surface area contributed by atoms with Gasteiger partial charge in [0.1, 0.15) is 11.5 Å². The van der Waals surface area contributed by atoms with Gasteiger partial charge in [0.2, 0.25) is 0 Å². The highest BCUT2D eigenvalue weighted by atomic mass is 35.5. The van der Waals surface area contributed by atoms with Crippen molar-refractivity contribution in [3.05, 3.63) is 69.1 Å². The molecule has 0 amide bonds. The van der Waals surface area contributed by atoms with E-state index < -0.39 is 17.7 Å². The predicted molar refractivity (Wildman–Crippen MR) is 137 cm³/mol. The minimum Gasteiger partial charge on any atom is -0.497 e. The van der Waals surface area contributed by atoms with Crippen molar-refractivity contribution < 1.29 is 24.1 Å². The van der Waals surface area contributed by atoms with Crippen LogP contribution in [0.4, 0.5) is 0 Å². The summed E-state index contributed by atoms with van der Waals surface area (Å²) < 4.78 is 18.1. The second-order valence-electron chi connectivity index (χ2n) is 9.18. The summed E-state index contributed by atoms with van der Waals surface area (Å²) in [6.07, 6.45) is -1.38. The van der Waals surface area contributed by atoms with Gasteiger partial charge in [-0.25, -0.2) is 4.79 Å². The maximum Gasteiger partial charge on any atom is 0.339 e. The van der Waals surface area contributed by atoms with Crippen LogP contribution in [-0.4, -0.2) is 35.5 Å². The standard InChI is InChI=1S/C27H30ClNO6/c1-15-21(16-8-10-18(28)11-9-16)23(24(26(31)32)35-27(2,3)4)29(5)25(30)22(15)17-12-19(33-6)14-20(13-17)34-7/h8-14,24H,1-7H3,(H,31,32)/t24-/m0/s1. The summed E-state index contributed by atoms with van der Waals surface area (Å²) in [6, 6.07) is 12.3. The molecule has 1 atom stereocenters. The van der Waals surface area contributed by atoms with Gasteiger partial charge in [0.15, 0.2) is 6.10 Å². The maximum absolute atomic E-state index is 13.8. The number of halogens is 1. The minimum absolute atomic E-state index is 0.246. The number of nitrogens with zero attached hydrogens (tertiary/aromatic N) is 1. The number of benzene rings is 2.